The first-order chi connectivity index (χ1) is 11.1. The van der Waals surface area contributed by atoms with Gasteiger partial charge in [-0.3, -0.25) is 4.79 Å². The average molecular weight is 313 g/mol. The molecule has 23 heavy (non-hydrogen) atoms. The van der Waals surface area contributed by atoms with Gasteiger partial charge in [-0.2, -0.15) is 0 Å². The summed E-state index contributed by atoms with van der Waals surface area (Å²) in [5.74, 6) is -0.708. The normalized spacial score (nSPS) is 20.8. The van der Waals surface area contributed by atoms with Crippen LogP contribution >= 0.6 is 0 Å². The van der Waals surface area contributed by atoms with Crippen LogP contribution in [0.3, 0.4) is 0 Å². The van der Waals surface area contributed by atoms with E-state index in [4.69, 9.17) is 4.74 Å². The minimum absolute atomic E-state index is 0.0727. The van der Waals surface area contributed by atoms with Crippen molar-refractivity contribution >= 4 is 5.91 Å². The maximum absolute atomic E-state index is 13.0. The van der Waals surface area contributed by atoms with Crippen LogP contribution in [-0.4, -0.2) is 19.1 Å². The topological polar surface area (TPSA) is 38.3 Å². The smallest absolute Gasteiger partial charge is 0.227 e. The Kier molecular flexibility index (Phi) is 4.44. The van der Waals surface area contributed by atoms with Gasteiger partial charge in [0, 0.05) is 7.11 Å². The highest BCUT2D eigenvalue weighted by molar-refractivity contribution is 5.83. The zero-order valence-corrected chi connectivity index (χ0v) is 13.3. The Balaban J connectivity index is 1.72. The fourth-order valence-corrected chi connectivity index (χ4v) is 3.19. The molecule has 0 spiro atoms. The molecule has 2 aromatic rings. The van der Waals surface area contributed by atoms with Crippen molar-refractivity contribution in [2.24, 2.45) is 0 Å². The number of fused-ring (bicyclic) bond motifs is 1. The van der Waals surface area contributed by atoms with Gasteiger partial charge in [0.25, 0.3) is 0 Å². The Labute approximate surface area is 135 Å². The van der Waals surface area contributed by atoms with Crippen molar-refractivity contribution in [2.75, 3.05) is 7.11 Å². The third-order valence-electron chi connectivity index (χ3n) is 4.51. The molecular weight excluding hydrogens is 293 g/mol. The second-order valence-electron chi connectivity index (χ2n) is 5.95. The molecule has 4 heteroatoms. The summed E-state index contributed by atoms with van der Waals surface area (Å²) in [6.07, 6.45) is 0.631. The molecule has 0 heterocycles. The Morgan fingerprint density at radius 3 is 2.61 bits per heavy atom. The number of hydrogen-bond acceptors (Lipinski definition) is 2. The molecule has 0 saturated heterocycles. The van der Waals surface area contributed by atoms with E-state index in [1.807, 2.05) is 25.1 Å². The lowest BCUT2D eigenvalue weighted by Gasteiger charge is -2.22. The van der Waals surface area contributed by atoms with Gasteiger partial charge < -0.3 is 10.1 Å². The van der Waals surface area contributed by atoms with Crippen molar-refractivity contribution in [3.63, 3.8) is 0 Å². The van der Waals surface area contributed by atoms with E-state index in [1.54, 1.807) is 19.2 Å². The lowest BCUT2D eigenvalue weighted by molar-refractivity contribution is -0.123. The van der Waals surface area contributed by atoms with Crippen LogP contribution in [0.5, 0.6) is 0 Å². The fraction of sp³-hybridized carbons (Fsp3) is 0.316. The fourth-order valence-electron chi connectivity index (χ4n) is 3.19. The molecule has 0 fully saturated rings. The highest BCUT2D eigenvalue weighted by Gasteiger charge is 2.34. The lowest BCUT2D eigenvalue weighted by Crippen LogP contribution is -2.40. The van der Waals surface area contributed by atoms with Crippen molar-refractivity contribution in [1.29, 1.82) is 0 Å². The number of benzene rings is 2. The number of amides is 1. The highest BCUT2D eigenvalue weighted by atomic mass is 19.1. The van der Waals surface area contributed by atoms with Crippen LogP contribution in [0, 0.1) is 5.82 Å². The number of methoxy groups -OCH3 is 1. The summed E-state index contributed by atoms with van der Waals surface area (Å²) in [6, 6.07) is 14.1. The third-order valence-corrected chi connectivity index (χ3v) is 4.51. The Morgan fingerprint density at radius 1 is 1.22 bits per heavy atom. The van der Waals surface area contributed by atoms with E-state index in [1.165, 1.54) is 17.7 Å². The summed E-state index contributed by atoms with van der Waals surface area (Å²) < 4.78 is 18.6. The van der Waals surface area contributed by atoms with E-state index in [-0.39, 0.29) is 29.8 Å². The van der Waals surface area contributed by atoms with Gasteiger partial charge in [0.1, 0.15) is 11.9 Å². The summed E-state index contributed by atoms with van der Waals surface area (Å²) in [4.78, 5) is 12.5. The maximum Gasteiger partial charge on any atom is 0.227 e. The lowest BCUT2D eigenvalue weighted by atomic mass is 9.99. The molecule has 3 unspecified atom stereocenters. The van der Waals surface area contributed by atoms with Gasteiger partial charge in [-0.25, -0.2) is 4.39 Å². The molecule has 1 amide bonds. The van der Waals surface area contributed by atoms with Crippen molar-refractivity contribution in [3.05, 3.63) is 71.0 Å². The van der Waals surface area contributed by atoms with Crippen LogP contribution in [0.2, 0.25) is 0 Å². The molecule has 3 atom stereocenters. The third kappa shape index (κ3) is 3.13. The second kappa shape index (κ2) is 6.50. The predicted molar refractivity (Wildman–Crippen MR) is 86.6 cm³/mol. The number of hydrogen-bond donors (Lipinski definition) is 1. The van der Waals surface area contributed by atoms with Crippen LogP contribution in [0.1, 0.15) is 35.6 Å². The Bertz CT molecular complexity index is 699. The van der Waals surface area contributed by atoms with Gasteiger partial charge >= 0.3 is 0 Å². The molecule has 3 nitrogen and oxygen atoms in total. The van der Waals surface area contributed by atoms with E-state index in [0.29, 0.717) is 0 Å². The van der Waals surface area contributed by atoms with Gasteiger partial charge in [-0.05, 0) is 42.2 Å². The minimum Gasteiger partial charge on any atom is -0.375 e. The Morgan fingerprint density at radius 2 is 1.91 bits per heavy atom. The van der Waals surface area contributed by atoms with Crippen LogP contribution < -0.4 is 5.32 Å². The zero-order chi connectivity index (χ0) is 16.4. The minimum atomic E-state index is -0.336. The first-order valence-electron chi connectivity index (χ1n) is 7.76. The van der Waals surface area contributed by atoms with Crippen molar-refractivity contribution in [3.8, 4) is 0 Å². The summed E-state index contributed by atoms with van der Waals surface area (Å²) in [5.41, 5.74) is 3.14. The van der Waals surface area contributed by atoms with Crippen molar-refractivity contribution in [1.82, 2.24) is 5.32 Å². The van der Waals surface area contributed by atoms with Crippen molar-refractivity contribution in [2.45, 2.75) is 31.4 Å². The molecule has 0 bridgehead atoms. The number of carbonyl (C=O) groups excluding carboxylic acids is 1. The molecule has 2 aromatic carbocycles. The molecule has 1 aliphatic carbocycles. The monoisotopic (exact) mass is 313 g/mol. The van der Waals surface area contributed by atoms with E-state index in [0.717, 1.165) is 17.5 Å². The van der Waals surface area contributed by atoms with Crippen LogP contribution in [-0.2, 0) is 16.0 Å². The molecule has 1 N–H and O–H groups in total. The van der Waals surface area contributed by atoms with Gasteiger partial charge in [-0.15, -0.1) is 0 Å². The van der Waals surface area contributed by atoms with Gasteiger partial charge in [-0.1, -0.05) is 36.4 Å². The molecule has 0 aromatic heterocycles. The summed E-state index contributed by atoms with van der Waals surface area (Å²) in [5, 5.41) is 3.08. The zero-order valence-electron chi connectivity index (χ0n) is 13.3. The summed E-state index contributed by atoms with van der Waals surface area (Å²) in [6.45, 7) is 1.83. The Hall–Kier alpha value is -2.20. The summed E-state index contributed by atoms with van der Waals surface area (Å²) >= 11 is 0. The molecule has 0 saturated carbocycles. The molecular formula is C19H20FNO2. The van der Waals surface area contributed by atoms with Crippen molar-refractivity contribution < 1.29 is 13.9 Å². The van der Waals surface area contributed by atoms with E-state index in [9.17, 15) is 9.18 Å². The average Bonchev–Trinajstić information content (AvgIpc) is 2.91. The number of halogens is 1. The standard InChI is InChI=1S/C19H20FNO2/c1-12(13-7-9-15(20)10-8-13)19(22)21-17-11-14-5-3-4-6-16(14)18(17)23-2/h3-10,12,17-18H,11H2,1-2H3,(H,21,22). The van der Waals surface area contributed by atoms with E-state index in [2.05, 4.69) is 11.4 Å². The highest BCUT2D eigenvalue weighted by Crippen LogP contribution is 2.34. The predicted octanol–water partition coefficient (Wildman–Crippen LogP) is 3.36. The van der Waals surface area contributed by atoms with E-state index >= 15 is 0 Å². The molecule has 1 aliphatic rings. The number of ether oxygens (including phenoxy) is 1. The first kappa shape index (κ1) is 15.7. The SMILES string of the molecule is COC1c2ccccc2CC1NC(=O)C(C)c1ccc(F)cc1. The first-order valence-corrected chi connectivity index (χ1v) is 7.76. The molecule has 120 valence electrons. The molecule has 0 aliphatic heterocycles. The van der Waals surface area contributed by atoms with E-state index < -0.39 is 0 Å². The largest absolute Gasteiger partial charge is 0.375 e. The quantitative estimate of drug-likeness (QED) is 0.940. The number of carbonyl (C=O) groups is 1. The van der Waals surface area contributed by atoms with Gasteiger partial charge in [0.05, 0.1) is 12.0 Å². The number of nitrogens with one attached hydrogen (secondary N) is 1. The second-order valence-corrected chi connectivity index (χ2v) is 5.95. The van der Waals surface area contributed by atoms with Crippen LogP contribution in [0.15, 0.2) is 48.5 Å². The van der Waals surface area contributed by atoms with Gasteiger partial charge in [0.15, 0.2) is 0 Å². The molecule has 3 rings (SSSR count). The maximum atomic E-state index is 13.0. The van der Waals surface area contributed by atoms with Gasteiger partial charge in [0.2, 0.25) is 5.91 Å². The van der Waals surface area contributed by atoms with Crippen LogP contribution in [0.4, 0.5) is 4.39 Å². The summed E-state index contributed by atoms with van der Waals surface area (Å²) in [7, 11) is 1.66. The van der Waals surface area contributed by atoms with Crippen LogP contribution in [0.25, 0.3) is 0 Å². The number of rotatable bonds is 4. The molecule has 0 radical (unpaired) electrons.